The van der Waals surface area contributed by atoms with E-state index in [-0.39, 0.29) is 11.9 Å². The van der Waals surface area contributed by atoms with E-state index < -0.39 is 5.41 Å². The summed E-state index contributed by atoms with van der Waals surface area (Å²) in [6, 6.07) is 0.224. The van der Waals surface area contributed by atoms with Crippen LogP contribution in [0, 0.1) is 5.41 Å². The van der Waals surface area contributed by atoms with Crippen LogP contribution in [0.3, 0.4) is 0 Å². The van der Waals surface area contributed by atoms with Crippen LogP contribution >= 0.6 is 12.2 Å². The number of hydrogen-bond donors (Lipinski definition) is 1. The first-order valence-electron chi connectivity index (χ1n) is 6.12. The minimum atomic E-state index is -0.695. The van der Waals surface area contributed by atoms with Crippen molar-refractivity contribution in [3.8, 4) is 0 Å². The van der Waals surface area contributed by atoms with Crippen LogP contribution in [0.2, 0.25) is 0 Å². The molecule has 2 N–H and O–H groups in total. The molecule has 0 saturated carbocycles. The molecule has 1 rings (SSSR count). The quantitative estimate of drug-likeness (QED) is 0.762. The molecular weight excluding hydrogens is 234 g/mol. The van der Waals surface area contributed by atoms with E-state index in [0.29, 0.717) is 11.4 Å². The molecule has 2 unspecified atom stereocenters. The molecule has 0 spiro atoms. The van der Waals surface area contributed by atoms with Crippen LogP contribution in [0.1, 0.15) is 27.2 Å². The predicted molar refractivity (Wildman–Crippen MR) is 73.9 cm³/mol. The number of piperazine rings is 1. The molecule has 1 aliphatic rings. The molecule has 0 aromatic heterocycles. The first-order valence-corrected chi connectivity index (χ1v) is 6.53. The van der Waals surface area contributed by atoms with Gasteiger partial charge in [0.25, 0.3) is 0 Å². The van der Waals surface area contributed by atoms with Crippen molar-refractivity contribution in [1.29, 1.82) is 0 Å². The number of likely N-dealkylation sites (N-methyl/N-ethyl adjacent to an activating group) is 1. The molecule has 0 aromatic carbocycles. The standard InChI is InChI=1S/C12H23N3OS/c1-5-12(3,10(13)17)11(16)15-7-6-14(4)8-9(15)2/h9H,5-8H2,1-4H3,(H2,13,17). The maximum Gasteiger partial charge on any atom is 0.235 e. The van der Waals surface area contributed by atoms with Crippen molar-refractivity contribution in [3.05, 3.63) is 0 Å². The van der Waals surface area contributed by atoms with Crippen molar-refractivity contribution in [2.75, 3.05) is 26.7 Å². The van der Waals surface area contributed by atoms with Crippen LogP contribution in [0.5, 0.6) is 0 Å². The Bertz CT molecular complexity index is 321. The molecule has 1 saturated heterocycles. The molecule has 4 nitrogen and oxygen atoms in total. The maximum atomic E-state index is 12.5. The summed E-state index contributed by atoms with van der Waals surface area (Å²) in [6.45, 7) is 8.45. The molecule has 5 heteroatoms. The van der Waals surface area contributed by atoms with Gasteiger partial charge in [0.15, 0.2) is 0 Å². The summed E-state index contributed by atoms with van der Waals surface area (Å²) in [4.78, 5) is 17.0. The molecule has 2 atom stereocenters. The topological polar surface area (TPSA) is 49.6 Å². The number of nitrogens with two attached hydrogens (primary N) is 1. The van der Waals surface area contributed by atoms with Gasteiger partial charge in [0, 0.05) is 25.7 Å². The zero-order valence-electron chi connectivity index (χ0n) is 11.2. The van der Waals surface area contributed by atoms with Gasteiger partial charge in [-0.15, -0.1) is 0 Å². The average Bonchev–Trinajstić information content (AvgIpc) is 2.26. The summed E-state index contributed by atoms with van der Waals surface area (Å²) in [5, 5.41) is 0. The van der Waals surface area contributed by atoms with Crippen LogP contribution < -0.4 is 5.73 Å². The maximum absolute atomic E-state index is 12.5. The molecule has 98 valence electrons. The third-order valence-corrected chi connectivity index (χ3v) is 4.26. The second-order valence-electron chi connectivity index (χ2n) is 5.16. The number of hydrogen-bond acceptors (Lipinski definition) is 3. The van der Waals surface area contributed by atoms with E-state index in [9.17, 15) is 4.79 Å². The zero-order chi connectivity index (χ0) is 13.2. The highest BCUT2D eigenvalue weighted by Crippen LogP contribution is 2.26. The van der Waals surface area contributed by atoms with E-state index in [1.54, 1.807) is 0 Å². The van der Waals surface area contributed by atoms with Crippen molar-refractivity contribution >= 4 is 23.1 Å². The molecular formula is C12H23N3OS. The van der Waals surface area contributed by atoms with Gasteiger partial charge in [-0.25, -0.2) is 0 Å². The monoisotopic (exact) mass is 257 g/mol. The Morgan fingerprint density at radius 1 is 1.53 bits per heavy atom. The van der Waals surface area contributed by atoms with Gasteiger partial charge in [-0.3, -0.25) is 4.79 Å². The number of nitrogens with zero attached hydrogens (tertiary/aromatic N) is 2. The molecule has 17 heavy (non-hydrogen) atoms. The van der Waals surface area contributed by atoms with E-state index in [0.717, 1.165) is 19.6 Å². The normalized spacial score (nSPS) is 25.4. The first kappa shape index (κ1) is 14.4. The Balaban J connectivity index is 2.85. The van der Waals surface area contributed by atoms with Gasteiger partial charge in [0.2, 0.25) is 5.91 Å². The molecule has 0 bridgehead atoms. The minimum absolute atomic E-state index is 0.0769. The lowest BCUT2D eigenvalue weighted by Crippen LogP contribution is -2.58. The van der Waals surface area contributed by atoms with Gasteiger partial charge in [-0.2, -0.15) is 0 Å². The zero-order valence-corrected chi connectivity index (χ0v) is 12.0. The summed E-state index contributed by atoms with van der Waals surface area (Å²) in [6.07, 6.45) is 0.653. The van der Waals surface area contributed by atoms with E-state index >= 15 is 0 Å². The van der Waals surface area contributed by atoms with Crippen LogP contribution in [0.4, 0.5) is 0 Å². The Hall–Kier alpha value is -0.680. The lowest BCUT2D eigenvalue weighted by atomic mass is 9.85. The predicted octanol–water partition coefficient (Wildman–Crippen LogP) is 0.851. The second-order valence-corrected chi connectivity index (χ2v) is 5.60. The van der Waals surface area contributed by atoms with Crippen molar-refractivity contribution < 1.29 is 4.79 Å². The van der Waals surface area contributed by atoms with E-state index in [2.05, 4.69) is 18.9 Å². The van der Waals surface area contributed by atoms with Gasteiger partial charge in [0.1, 0.15) is 0 Å². The van der Waals surface area contributed by atoms with Gasteiger partial charge in [-0.1, -0.05) is 19.1 Å². The summed E-state index contributed by atoms with van der Waals surface area (Å²) in [5.41, 5.74) is 5.04. The van der Waals surface area contributed by atoms with Crippen LogP contribution in [0.25, 0.3) is 0 Å². The van der Waals surface area contributed by atoms with Gasteiger partial charge < -0.3 is 15.5 Å². The Morgan fingerprint density at radius 2 is 2.12 bits per heavy atom. The number of thiocarbonyl (C=S) groups is 1. The van der Waals surface area contributed by atoms with Gasteiger partial charge >= 0.3 is 0 Å². The number of carbonyl (C=O) groups is 1. The highest BCUT2D eigenvalue weighted by atomic mass is 32.1. The first-order chi connectivity index (χ1) is 7.82. The summed E-state index contributed by atoms with van der Waals surface area (Å²) in [5.74, 6) is 0.0769. The summed E-state index contributed by atoms with van der Waals surface area (Å²) >= 11 is 5.06. The lowest BCUT2D eigenvalue weighted by Gasteiger charge is -2.42. The second kappa shape index (κ2) is 5.31. The van der Waals surface area contributed by atoms with Crippen molar-refractivity contribution in [3.63, 3.8) is 0 Å². The third kappa shape index (κ3) is 2.77. The Morgan fingerprint density at radius 3 is 2.53 bits per heavy atom. The van der Waals surface area contributed by atoms with Gasteiger partial charge in [0.05, 0.1) is 10.4 Å². The Labute approximate surface area is 109 Å². The van der Waals surface area contributed by atoms with E-state index in [1.807, 2.05) is 18.7 Å². The van der Waals surface area contributed by atoms with Gasteiger partial charge in [-0.05, 0) is 27.3 Å². The molecule has 1 amide bonds. The molecule has 1 heterocycles. The highest BCUT2D eigenvalue weighted by molar-refractivity contribution is 7.80. The van der Waals surface area contributed by atoms with Crippen molar-refractivity contribution in [2.24, 2.45) is 11.1 Å². The fourth-order valence-corrected chi connectivity index (χ4v) is 2.42. The van der Waals surface area contributed by atoms with Crippen molar-refractivity contribution in [1.82, 2.24) is 9.80 Å². The average molecular weight is 257 g/mol. The number of amides is 1. The fraction of sp³-hybridized carbons (Fsp3) is 0.833. The largest absolute Gasteiger partial charge is 0.392 e. The molecule has 0 aromatic rings. The minimum Gasteiger partial charge on any atom is -0.392 e. The molecule has 0 radical (unpaired) electrons. The van der Waals surface area contributed by atoms with E-state index in [4.69, 9.17) is 18.0 Å². The van der Waals surface area contributed by atoms with Crippen LogP contribution in [-0.4, -0.2) is 53.4 Å². The van der Waals surface area contributed by atoms with E-state index in [1.165, 1.54) is 0 Å². The summed E-state index contributed by atoms with van der Waals surface area (Å²) < 4.78 is 0. The Kier molecular flexibility index (Phi) is 4.49. The van der Waals surface area contributed by atoms with Crippen LogP contribution in [0.15, 0.2) is 0 Å². The summed E-state index contributed by atoms with van der Waals surface area (Å²) in [7, 11) is 2.07. The number of rotatable bonds is 3. The van der Waals surface area contributed by atoms with Crippen molar-refractivity contribution in [2.45, 2.75) is 33.2 Å². The third-order valence-electron chi connectivity index (χ3n) is 3.81. The molecule has 1 aliphatic heterocycles. The lowest BCUT2D eigenvalue weighted by molar-refractivity contribution is -0.142. The van der Waals surface area contributed by atoms with Crippen LogP contribution in [-0.2, 0) is 4.79 Å². The smallest absolute Gasteiger partial charge is 0.235 e. The SMILES string of the molecule is CCC(C)(C(=O)N1CCN(C)CC1C)C(N)=S. The fourth-order valence-electron chi connectivity index (χ4n) is 2.19. The molecule has 1 fully saturated rings. The number of carbonyl (C=O) groups excluding carboxylic acids is 1. The highest BCUT2D eigenvalue weighted by Gasteiger charge is 2.40. The molecule has 0 aliphatic carbocycles.